The number of benzene rings is 1. The van der Waals surface area contributed by atoms with E-state index >= 15 is 0 Å². The fourth-order valence-electron chi connectivity index (χ4n) is 3.67. The van der Waals surface area contributed by atoms with Crippen molar-refractivity contribution < 1.29 is 15.0 Å². The van der Waals surface area contributed by atoms with Gasteiger partial charge in [-0.25, -0.2) is 0 Å². The molecule has 0 amide bonds. The molecule has 0 saturated heterocycles. The average Bonchev–Trinajstić information content (AvgIpc) is 2.61. The van der Waals surface area contributed by atoms with Gasteiger partial charge < -0.3 is 5.11 Å². The molecule has 0 aromatic heterocycles. The fraction of sp³-hybridized carbons (Fsp3) is 0.588. The van der Waals surface area contributed by atoms with Crippen molar-refractivity contribution in [1.82, 2.24) is 0 Å². The number of nitrogens with zero attached hydrogens (tertiary/aromatic N) is 3. The molecule has 2 rings (SSSR count). The smallest absolute Gasteiger partial charge is 0.301 e. The Morgan fingerprint density at radius 3 is 2.50 bits per heavy atom. The standard InChI is InChI=1S/C17H24N4O5/c1-10-6-13(9-22)15(12(3)11(10)2)8-18-19-16-5-4-14(20(23)24)7-17(16)21(25)26/h4-5,7-8,10-13,15,19,22H,6,9H2,1-3H3/b18-8+. The Labute approximate surface area is 151 Å². The second-order valence-electron chi connectivity index (χ2n) is 7.06. The minimum absolute atomic E-state index is 0.0517. The predicted octanol–water partition coefficient (Wildman–Crippen LogP) is 3.44. The van der Waals surface area contributed by atoms with Crippen molar-refractivity contribution >= 4 is 23.3 Å². The molecule has 1 saturated carbocycles. The molecule has 9 nitrogen and oxygen atoms in total. The molecule has 5 unspecified atom stereocenters. The van der Waals surface area contributed by atoms with E-state index in [1.54, 1.807) is 6.21 Å². The van der Waals surface area contributed by atoms with E-state index in [1.807, 2.05) is 0 Å². The zero-order chi connectivity index (χ0) is 19.4. The van der Waals surface area contributed by atoms with Crippen molar-refractivity contribution in [3.05, 3.63) is 38.4 Å². The monoisotopic (exact) mass is 364 g/mol. The van der Waals surface area contributed by atoms with Gasteiger partial charge in [-0.2, -0.15) is 5.10 Å². The van der Waals surface area contributed by atoms with Crippen LogP contribution in [0.15, 0.2) is 23.3 Å². The Balaban J connectivity index is 2.19. The first-order valence-electron chi connectivity index (χ1n) is 8.59. The van der Waals surface area contributed by atoms with Crippen LogP contribution in [0, 0.1) is 49.8 Å². The van der Waals surface area contributed by atoms with E-state index in [9.17, 15) is 25.3 Å². The zero-order valence-electron chi connectivity index (χ0n) is 15.0. The molecular formula is C17H24N4O5. The molecule has 0 radical (unpaired) electrons. The van der Waals surface area contributed by atoms with Crippen LogP contribution in [0.25, 0.3) is 0 Å². The molecule has 0 bridgehead atoms. The lowest BCUT2D eigenvalue weighted by Crippen LogP contribution is -2.39. The maximum absolute atomic E-state index is 11.1. The highest BCUT2D eigenvalue weighted by molar-refractivity contribution is 5.68. The maximum Gasteiger partial charge on any atom is 0.301 e. The van der Waals surface area contributed by atoms with Gasteiger partial charge in [-0.3, -0.25) is 25.7 Å². The number of nitrogens with one attached hydrogen (secondary N) is 1. The molecule has 9 heteroatoms. The highest BCUT2D eigenvalue weighted by Gasteiger charge is 2.37. The molecule has 5 atom stereocenters. The third-order valence-electron chi connectivity index (χ3n) is 5.61. The predicted molar refractivity (Wildman–Crippen MR) is 98.0 cm³/mol. The Morgan fingerprint density at radius 1 is 1.23 bits per heavy atom. The summed E-state index contributed by atoms with van der Waals surface area (Å²) in [5, 5.41) is 35.7. The van der Waals surface area contributed by atoms with E-state index in [2.05, 4.69) is 31.3 Å². The molecule has 1 aromatic rings. The number of nitro benzene ring substituents is 2. The lowest BCUT2D eigenvalue weighted by atomic mass is 9.64. The number of aliphatic hydroxyl groups is 1. The molecule has 1 aromatic carbocycles. The number of hydrogen-bond acceptors (Lipinski definition) is 7. The third kappa shape index (κ3) is 4.16. The topological polar surface area (TPSA) is 131 Å². The molecule has 1 fully saturated rings. The molecule has 1 aliphatic carbocycles. The summed E-state index contributed by atoms with van der Waals surface area (Å²) < 4.78 is 0. The first-order valence-corrected chi connectivity index (χ1v) is 8.59. The van der Waals surface area contributed by atoms with Crippen molar-refractivity contribution in [2.75, 3.05) is 12.0 Å². The molecule has 1 aliphatic rings. The van der Waals surface area contributed by atoms with Gasteiger partial charge in [0.1, 0.15) is 5.69 Å². The summed E-state index contributed by atoms with van der Waals surface area (Å²) >= 11 is 0. The highest BCUT2D eigenvalue weighted by atomic mass is 16.6. The molecule has 0 aliphatic heterocycles. The van der Waals surface area contributed by atoms with Crippen LogP contribution in [0.5, 0.6) is 0 Å². The number of rotatable bonds is 6. The van der Waals surface area contributed by atoms with Gasteiger partial charge in [0.25, 0.3) is 5.69 Å². The first-order chi connectivity index (χ1) is 12.3. The van der Waals surface area contributed by atoms with Gasteiger partial charge in [-0.15, -0.1) is 0 Å². The first kappa shape index (κ1) is 19.8. The summed E-state index contributed by atoms with van der Waals surface area (Å²) in [6.07, 6.45) is 2.59. The second-order valence-corrected chi connectivity index (χ2v) is 7.06. The summed E-state index contributed by atoms with van der Waals surface area (Å²) in [6, 6.07) is 3.36. The summed E-state index contributed by atoms with van der Waals surface area (Å²) in [6.45, 7) is 6.54. The number of hydrogen-bond donors (Lipinski definition) is 2. The third-order valence-corrected chi connectivity index (χ3v) is 5.61. The second kappa shape index (κ2) is 8.22. The molecule has 142 valence electrons. The van der Waals surface area contributed by atoms with Crippen LogP contribution in [0.4, 0.5) is 17.1 Å². The van der Waals surface area contributed by atoms with Crippen molar-refractivity contribution in [3.63, 3.8) is 0 Å². The van der Waals surface area contributed by atoms with Gasteiger partial charge >= 0.3 is 5.69 Å². The SMILES string of the molecule is CC1CC(CO)C(/C=N/Nc2ccc([N+](=O)[O-])cc2[N+](=O)[O-])C(C)C1C. The minimum Gasteiger partial charge on any atom is -0.396 e. The van der Waals surface area contributed by atoms with Gasteiger partial charge in [0, 0.05) is 24.8 Å². The van der Waals surface area contributed by atoms with Crippen LogP contribution in [0.3, 0.4) is 0 Å². The van der Waals surface area contributed by atoms with E-state index in [4.69, 9.17) is 0 Å². The Bertz CT molecular complexity index is 706. The summed E-state index contributed by atoms with van der Waals surface area (Å²) in [5.74, 6) is 1.44. The maximum atomic E-state index is 11.1. The van der Waals surface area contributed by atoms with E-state index in [0.29, 0.717) is 17.8 Å². The zero-order valence-corrected chi connectivity index (χ0v) is 15.0. The number of anilines is 1. The normalized spacial score (nSPS) is 28.8. The molecule has 0 heterocycles. The molecule has 0 spiro atoms. The van der Waals surface area contributed by atoms with Gasteiger partial charge in [-0.1, -0.05) is 20.8 Å². The highest BCUT2D eigenvalue weighted by Crippen LogP contribution is 2.41. The summed E-state index contributed by atoms with van der Waals surface area (Å²) in [5.41, 5.74) is 1.95. The van der Waals surface area contributed by atoms with Gasteiger partial charge in [0.15, 0.2) is 0 Å². The lowest BCUT2D eigenvalue weighted by Gasteiger charge is -2.41. The quantitative estimate of drug-likeness (QED) is 0.451. The van der Waals surface area contributed by atoms with E-state index in [-0.39, 0.29) is 29.8 Å². The van der Waals surface area contributed by atoms with Crippen LogP contribution in [0.2, 0.25) is 0 Å². The van der Waals surface area contributed by atoms with Crippen molar-refractivity contribution in [2.45, 2.75) is 27.2 Å². The van der Waals surface area contributed by atoms with Crippen molar-refractivity contribution in [3.8, 4) is 0 Å². The Hall–Kier alpha value is -2.55. The lowest BCUT2D eigenvalue weighted by molar-refractivity contribution is -0.393. The van der Waals surface area contributed by atoms with Crippen LogP contribution >= 0.6 is 0 Å². The van der Waals surface area contributed by atoms with Gasteiger partial charge in [0.2, 0.25) is 0 Å². The van der Waals surface area contributed by atoms with Gasteiger partial charge in [-0.05, 0) is 36.2 Å². The number of nitro groups is 2. The van der Waals surface area contributed by atoms with E-state index < -0.39 is 15.5 Å². The Morgan fingerprint density at radius 2 is 1.92 bits per heavy atom. The van der Waals surface area contributed by atoms with Crippen LogP contribution in [-0.4, -0.2) is 27.8 Å². The summed E-state index contributed by atoms with van der Waals surface area (Å²) in [7, 11) is 0. The van der Waals surface area contributed by atoms with Gasteiger partial charge in [0.05, 0.1) is 15.9 Å². The van der Waals surface area contributed by atoms with Crippen LogP contribution in [-0.2, 0) is 0 Å². The number of hydrazone groups is 1. The van der Waals surface area contributed by atoms with Crippen LogP contribution < -0.4 is 5.43 Å². The van der Waals surface area contributed by atoms with Crippen molar-refractivity contribution in [2.24, 2.45) is 34.7 Å². The van der Waals surface area contributed by atoms with E-state index in [0.717, 1.165) is 12.5 Å². The average molecular weight is 364 g/mol. The Kier molecular flexibility index (Phi) is 6.25. The molecule has 2 N–H and O–H groups in total. The van der Waals surface area contributed by atoms with Crippen LogP contribution in [0.1, 0.15) is 27.2 Å². The fourth-order valence-corrected chi connectivity index (χ4v) is 3.67. The summed E-state index contributed by atoms with van der Waals surface area (Å²) in [4.78, 5) is 20.6. The minimum atomic E-state index is -0.686. The van der Waals surface area contributed by atoms with E-state index in [1.165, 1.54) is 12.1 Å². The largest absolute Gasteiger partial charge is 0.396 e. The van der Waals surface area contributed by atoms with Crippen molar-refractivity contribution in [1.29, 1.82) is 0 Å². The molecule has 26 heavy (non-hydrogen) atoms. The number of aliphatic hydroxyl groups excluding tert-OH is 1. The number of non-ortho nitro benzene ring substituents is 1. The molecular weight excluding hydrogens is 340 g/mol.